The van der Waals surface area contributed by atoms with Crippen LogP contribution in [0.5, 0.6) is 0 Å². The van der Waals surface area contributed by atoms with Gasteiger partial charge in [0, 0.05) is 57.7 Å². The largest absolute Gasteiger partial charge is 0.351 e. The Morgan fingerprint density at radius 2 is 1.71 bits per heavy atom. The van der Waals surface area contributed by atoms with E-state index < -0.39 is 0 Å². The Morgan fingerprint density at radius 3 is 2.41 bits per heavy atom. The summed E-state index contributed by atoms with van der Waals surface area (Å²) in [5, 5.41) is 3.84. The molecule has 1 N–H and O–H groups in total. The van der Waals surface area contributed by atoms with E-state index in [0.717, 1.165) is 48.1 Å². The van der Waals surface area contributed by atoms with E-state index in [1.807, 2.05) is 0 Å². The van der Waals surface area contributed by atoms with Crippen LogP contribution in [0.4, 0.5) is 15.2 Å². The van der Waals surface area contributed by atoms with Crippen LogP contribution >= 0.6 is 11.3 Å². The summed E-state index contributed by atoms with van der Waals surface area (Å²) in [7, 11) is 0. The number of aromatic nitrogens is 1. The second-order valence-electron chi connectivity index (χ2n) is 8.36. The molecule has 2 aliphatic rings. The van der Waals surface area contributed by atoms with Gasteiger partial charge in [-0.1, -0.05) is 11.3 Å². The first-order valence-corrected chi connectivity index (χ1v) is 12.1. The number of imide groups is 1. The quantitative estimate of drug-likeness (QED) is 0.545. The minimum absolute atomic E-state index is 0.189. The van der Waals surface area contributed by atoms with Gasteiger partial charge in [-0.2, -0.15) is 0 Å². The van der Waals surface area contributed by atoms with Gasteiger partial charge in [-0.3, -0.25) is 24.2 Å². The molecule has 0 atom stereocenters. The van der Waals surface area contributed by atoms with E-state index in [4.69, 9.17) is 0 Å². The van der Waals surface area contributed by atoms with E-state index >= 15 is 0 Å². The van der Waals surface area contributed by atoms with Crippen LogP contribution < -0.4 is 15.1 Å². The van der Waals surface area contributed by atoms with E-state index in [9.17, 15) is 18.8 Å². The fourth-order valence-electron chi connectivity index (χ4n) is 4.24. The van der Waals surface area contributed by atoms with Gasteiger partial charge in [0.1, 0.15) is 5.82 Å². The molecule has 0 unspecified atom stereocenters. The Balaban J connectivity index is 1.08. The molecule has 0 bridgehead atoms. The highest BCUT2D eigenvalue weighted by molar-refractivity contribution is 7.22. The molecule has 3 aromatic rings. The Hall–Kier alpha value is -3.37. The zero-order valence-corrected chi connectivity index (χ0v) is 19.3. The molecule has 0 aliphatic carbocycles. The highest BCUT2D eigenvalue weighted by Crippen LogP contribution is 2.30. The number of hydrogen-bond acceptors (Lipinski definition) is 7. The number of nitrogens with one attached hydrogen (secondary N) is 1. The van der Waals surface area contributed by atoms with Crippen molar-refractivity contribution >= 4 is 50.1 Å². The molecule has 2 saturated heterocycles. The fourth-order valence-corrected chi connectivity index (χ4v) is 5.28. The molecular formula is C24H24FN5O3S. The van der Waals surface area contributed by atoms with E-state index in [-0.39, 0.29) is 36.4 Å². The van der Waals surface area contributed by atoms with Gasteiger partial charge in [-0.05, 0) is 42.5 Å². The number of carbonyl (C=O) groups is 3. The fraction of sp³-hybridized carbons (Fsp3) is 0.333. The van der Waals surface area contributed by atoms with Crippen LogP contribution in [0.25, 0.3) is 10.2 Å². The Kier molecular flexibility index (Phi) is 6.25. The summed E-state index contributed by atoms with van der Waals surface area (Å²) in [5.41, 5.74) is 1.80. The van der Waals surface area contributed by atoms with Crippen LogP contribution in [-0.2, 0) is 9.59 Å². The number of halogens is 1. The molecule has 2 aliphatic heterocycles. The lowest BCUT2D eigenvalue weighted by Crippen LogP contribution is -2.48. The number of nitrogens with zero attached hydrogens (tertiary/aromatic N) is 4. The number of thiazole rings is 1. The molecule has 8 nitrogen and oxygen atoms in total. The Labute approximate surface area is 200 Å². The average Bonchev–Trinajstić information content (AvgIpc) is 3.41. The van der Waals surface area contributed by atoms with E-state index in [2.05, 4.69) is 20.1 Å². The number of rotatable bonds is 6. The molecule has 0 spiro atoms. The molecule has 5 rings (SSSR count). The van der Waals surface area contributed by atoms with Crippen molar-refractivity contribution < 1.29 is 18.8 Å². The summed E-state index contributed by atoms with van der Waals surface area (Å²) in [6.45, 7) is 4.61. The van der Waals surface area contributed by atoms with Gasteiger partial charge in [0.15, 0.2) is 5.13 Å². The van der Waals surface area contributed by atoms with E-state index in [1.165, 1.54) is 28.4 Å². The highest BCUT2D eigenvalue weighted by atomic mass is 32.1. The van der Waals surface area contributed by atoms with Crippen LogP contribution in [0.2, 0.25) is 0 Å². The Bertz CT molecular complexity index is 1220. The van der Waals surface area contributed by atoms with Crippen LogP contribution in [0.3, 0.4) is 0 Å². The molecule has 3 heterocycles. The maximum absolute atomic E-state index is 13.4. The van der Waals surface area contributed by atoms with Gasteiger partial charge in [-0.15, -0.1) is 0 Å². The summed E-state index contributed by atoms with van der Waals surface area (Å²) >= 11 is 1.51. The number of hydrogen-bond donors (Lipinski definition) is 1. The van der Waals surface area contributed by atoms with Crippen LogP contribution in [-0.4, -0.2) is 66.9 Å². The first-order chi connectivity index (χ1) is 16.5. The van der Waals surface area contributed by atoms with Crippen LogP contribution in [0.1, 0.15) is 23.2 Å². The van der Waals surface area contributed by atoms with Crippen molar-refractivity contribution in [2.75, 3.05) is 49.1 Å². The monoisotopic (exact) mass is 481 g/mol. The van der Waals surface area contributed by atoms with E-state index in [0.29, 0.717) is 17.8 Å². The summed E-state index contributed by atoms with van der Waals surface area (Å²) < 4.78 is 14.3. The maximum atomic E-state index is 13.4. The predicted octanol–water partition coefficient (Wildman–Crippen LogP) is 2.64. The smallest absolute Gasteiger partial charge is 0.251 e. The average molecular weight is 482 g/mol. The summed E-state index contributed by atoms with van der Waals surface area (Å²) in [6.07, 6.45) is 0.464. The molecule has 0 radical (unpaired) electrons. The van der Waals surface area contributed by atoms with Crippen molar-refractivity contribution in [2.45, 2.75) is 12.8 Å². The minimum Gasteiger partial charge on any atom is -0.351 e. The minimum atomic E-state index is -0.248. The number of piperazine rings is 1. The molecule has 10 heteroatoms. The number of benzene rings is 2. The molecule has 0 saturated carbocycles. The predicted molar refractivity (Wildman–Crippen MR) is 129 cm³/mol. The number of fused-ring (bicyclic) bond motifs is 1. The lowest BCUT2D eigenvalue weighted by atomic mass is 10.2. The third-order valence-electron chi connectivity index (χ3n) is 6.13. The van der Waals surface area contributed by atoms with Crippen LogP contribution in [0, 0.1) is 5.82 Å². The van der Waals surface area contributed by atoms with Crippen molar-refractivity contribution in [3.63, 3.8) is 0 Å². The molecule has 1 aromatic heterocycles. The van der Waals surface area contributed by atoms with Crippen molar-refractivity contribution in [3.8, 4) is 0 Å². The second-order valence-corrected chi connectivity index (χ2v) is 9.37. The zero-order chi connectivity index (χ0) is 23.7. The van der Waals surface area contributed by atoms with Gasteiger partial charge < -0.3 is 10.2 Å². The molecule has 3 amide bonds. The molecule has 176 valence electrons. The topological polar surface area (TPSA) is 85.8 Å². The second kappa shape index (κ2) is 9.47. The molecule has 2 fully saturated rings. The normalized spacial score (nSPS) is 17.1. The summed E-state index contributed by atoms with van der Waals surface area (Å²) in [5.74, 6) is -0.855. The lowest BCUT2D eigenvalue weighted by molar-refractivity contribution is -0.121. The molecular weight excluding hydrogens is 457 g/mol. The highest BCUT2D eigenvalue weighted by Gasteiger charge is 2.30. The molecule has 2 aromatic carbocycles. The Morgan fingerprint density at radius 1 is 1.00 bits per heavy atom. The van der Waals surface area contributed by atoms with Gasteiger partial charge in [0.05, 0.1) is 15.9 Å². The van der Waals surface area contributed by atoms with Crippen molar-refractivity contribution in [2.24, 2.45) is 0 Å². The molecule has 34 heavy (non-hydrogen) atoms. The number of amides is 3. The third-order valence-corrected chi connectivity index (χ3v) is 7.21. The summed E-state index contributed by atoms with van der Waals surface area (Å²) in [6, 6.07) is 11.2. The SMILES string of the molecule is O=C(NCCN1CCN(c2nc3ccc(F)cc3s2)CC1)c1ccc(N2C(=O)CCC2=O)cc1. The van der Waals surface area contributed by atoms with Crippen molar-refractivity contribution in [1.82, 2.24) is 15.2 Å². The first-order valence-electron chi connectivity index (χ1n) is 11.3. The third kappa shape index (κ3) is 4.64. The van der Waals surface area contributed by atoms with Crippen molar-refractivity contribution in [3.05, 3.63) is 53.8 Å². The zero-order valence-electron chi connectivity index (χ0n) is 18.5. The van der Waals surface area contributed by atoms with E-state index in [1.54, 1.807) is 30.3 Å². The van der Waals surface area contributed by atoms with Crippen LogP contribution in [0.15, 0.2) is 42.5 Å². The van der Waals surface area contributed by atoms with Gasteiger partial charge in [-0.25, -0.2) is 9.37 Å². The summed E-state index contributed by atoms with van der Waals surface area (Å²) in [4.78, 5) is 46.5. The van der Waals surface area contributed by atoms with Gasteiger partial charge >= 0.3 is 0 Å². The lowest BCUT2D eigenvalue weighted by Gasteiger charge is -2.34. The number of carbonyl (C=O) groups excluding carboxylic acids is 3. The van der Waals surface area contributed by atoms with Gasteiger partial charge in [0.2, 0.25) is 11.8 Å². The maximum Gasteiger partial charge on any atom is 0.251 e. The first kappa shape index (κ1) is 22.4. The van der Waals surface area contributed by atoms with Crippen molar-refractivity contribution in [1.29, 1.82) is 0 Å². The standard InChI is InChI=1S/C24H24FN5O3S/c25-17-3-6-19-20(15-17)34-24(27-19)29-13-11-28(12-14-29)10-9-26-23(33)16-1-4-18(5-2-16)30-21(31)7-8-22(30)32/h1-6,15H,7-14H2,(H,26,33). The van der Waals surface area contributed by atoms with Gasteiger partial charge in [0.25, 0.3) is 5.91 Å². The number of anilines is 2.